The van der Waals surface area contributed by atoms with E-state index < -0.39 is 0 Å². The van der Waals surface area contributed by atoms with Crippen LogP contribution in [0.25, 0.3) is 0 Å². The minimum Gasteiger partial charge on any atom is -0.316 e. The summed E-state index contributed by atoms with van der Waals surface area (Å²) in [6.07, 6.45) is 7.12. The maximum Gasteiger partial charge on any atom is -0.00156 e. The highest BCUT2D eigenvalue weighted by molar-refractivity contribution is 4.76. The molecule has 0 radical (unpaired) electrons. The molecule has 2 nitrogen and oxygen atoms in total. The van der Waals surface area contributed by atoms with E-state index in [1.807, 2.05) is 0 Å². The van der Waals surface area contributed by atoms with Gasteiger partial charge in [0, 0.05) is 0 Å². The highest BCUT2D eigenvalue weighted by Gasteiger charge is 2.22. The van der Waals surface area contributed by atoms with Crippen LogP contribution in [0.2, 0.25) is 0 Å². The summed E-state index contributed by atoms with van der Waals surface area (Å²) in [5.74, 6) is 2.83. The third kappa shape index (κ3) is 4.26. The second-order valence-corrected chi connectivity index (χ2v) is 6.42. The van der Waals surface area contributed by atoms with Gasteiger partial charge in [0.2, 0.25) is 0 Å². The third-order valence-electron chi connectivity index (χ3n) is 4.83. The molecule has 1 atom stereocenters. The first kappa shape index (κ1) is 13.4. The van der Waals surface area contributed by atoms with E-state index in [0.29, 0.717) is 0 Å². The van der Waals surface area contributed by atoms with Gasteiger partial charge >= 0.3 is 0 Å². The Morgan fingerprint density at radius 1 is 1.18 bits per heavy atom. The number of nitrogens with one attached hydrogen (secondary N) is 1. The van der Waals surface area contributed by atoms with Crippen molar-refractivity contribution in [3.63, 3.8) is 0 Å². The van der Waals surface area contributed by atoms with Crippen molar-refractivity contribution in [1.82, 2.24) is 10.2 Å². The van der Waals surface area contributed by atoms with E-state index in [1.54, 1.807) is 0 Å². The van der Waals surface area contributed by atoms with Crippen molar-refractivity contribution in [2.75, 3.05) is 32.7 Å². The zero-order valence-corrected chi connectivity index (χ0v) is 11.8. The van der Waals surface area contributed by atoms with E-state index in [1.165, 1.54) is 64.8 Å². The number of rotatable bonds is 4. The molecular formula is C15H30N2. The van der Waals surface area contributed by atoms with Gasteiger partial charge in [-0.05, 0) is 82.6 Å². The number of hydrogen-bond acceptors (Lipinski definition) is 2. The first-order chi connectivity index (χ1) is 8.25. The van der Waals surface area contributed by atoms with E-state index in [9.17, 15) is 0 Å². The van der Waals surface area contributed by atoms with Crippen molar-refractivity contribution >= 4 is 0 Å². The molecule has 2 fully saturated rings. The standard InChI is InChI=1S/C15H30N2/c1-13(2)15-6-10-17(11-7-15)9-5-14-4-3-8-16-12-14/h13-16H,3-12H2,1-2H3. The normalized spacial score (nSPS) is 28.8. The van der Waals surface area contributed by atoms with E-state index in [4.69, 9.17) is 0 Å². The molecule has 17 heavy (non-hydrogen) atoms. The van der Waals surface area contributed by atoms with E-state index in [2.05, 4.69) is 24.1 Å². The minimum absolute atomic E-state index is 0.889. The molecule has 2 rings (SSSR count). The lowest BCUT2D eigenvalue weighted by Gasteiger charge is -2.35. The van der Waals surface area contributed by atoms with Gasteiger partial charge in [0.25, 0.3) is 0 Å². The summed E-state index contributed by atoms with van der Waals surface area (Å²) in [6.45, 7) is 11.3. The zero-order valence-electron chi connectivity index (χ0n) is 11.8. The van der Waals surface area contributed by atoms with E-state index in [0.717, 1.165) is 17.8 Å². The molecule has 0 aromatic carbocycles. The first-order valence-corrected chi connectivity index (χ1v) is 7.69. The van der Waals surface area contributed by atoms with Gasteiger partial charge in [-0.15, -0.1) is 0 Å². The van der Waals surface area contributed by atoms with Gasteiger partial charge in [-0.1, -0.05) is 13.8 Å². The van der Waals surface area contributed by atoms with Crippen LogP contribution in [0.5, 0.6) is 0 Å². The van der Waals surface area contributed by atoms with Gasteiger partial charge in [0.05, 0.1) is 0 Å². The maximum absolute atomic E-state index is 3.53. The quantitative estimate of drug-likeness (QED) is 0.810. The van der Waals surface area contributed by atoms with Crippen molar-refractivity contribution in [3.8, 4) is 0 Å². The molecule has 100 valence electrons. The van der Waals surface area contributed by atoms with Crippen molar-refractivity contribution < 1.29 is 0 Å². The van der Waals surface area contributed by atoms with Gasteiger partial charge < -0.3 is 10.2 Å². The average molecular weight is 238 g/mol. The predicted octanol–water partition coefficient (Wildman–Crippen LogP) is 2.74. The van der Waals surface area contributed by atoms with Gasteiger partial charge in [0.15, 0.2) is 0 Å². The lowest BCUT2D eigenvalue weighted by molar-refractivity contribution is 0.147. The summed E-state index contributed by atoms with van der Waals surface area (Å²) >= 11 is 0. The Morgan fingerprint density at radius 3 is 2.53 bits per heavy atom. The lowest BCUT2D eigenvalue weighted by atomic mass is 9.86. The van der Waals surface area contributed by atoms with Crippen LogP contribution in [0.3, 0.4) is 0 Å². The lowest BCUT2D eigenvalue weighted by Crippen LogP contribution is -2.38. The summed E-state index contributed by atoms with van der Waals surface area (Å²) < 4.78 is 0. The fraction of sp³-hybridized carbons (Fsp3) is 1.00. The molecule has 0 spiro atoms. The largest absolute Gasteiger partial charge is 0.316 e. The summed E-state index contributed by atoms with van der Waals surface area (Å²) in [4.78, 5) is 2.70. The van der Waals surface area contributed by atoms with Crippen LogP contribution in [0.4, 0.5) is 0 Å². The second kappa shape index (κ2) is 6.75. The molecule has 0 aromatic heterocycles. The molecule has 0 bridgehead atoms. The van der Waals surface area contributed by atoms with E-state index in [-0.39, 0.29) is 0 Å². The number of likely N-dealkylation sites (tertiary alicyclic amines) is 1. The van der Waals surface area contributed by atoms with Crippen molar-refractivity contribution in [1.29, 1.82) is 0 Å². The Hall–Kier alpha value is -0.0800. The molecule has 1 unspecified atom stereocenters. The molecule has 2 saturated heterocycles. The van der Waals surface area contributed by atoms with Crippen molar-refractivity contribution in [2.45, 2.75) is 46.0 Å². The minimum atomic E-state index is 0.889. The van der Waals surface area contributed by atoms with Gasteiger partial charge in [-0.2, -0.15) is 0 Å². The zero-order chi connectivity index (χ0) is 12.1. The smallest absolute Gasteiger partial charge is 0.00156 e. The Morgan fingerprint density at radius 2 is 1.94 bits per heavy atom. The molecule has 0 saturated carbocycles. The highest BCUT2D eigenvalue weighted by Crippen LogP contribution is 2.25. The summed E-state index contributed by atoms with van der Waals surface area (Å²) in [5.41, 5.74) is 0. The van der Waals surface area contributed by atoms with E-state index >= 15 is 0 Å². The summed E-state index contributed by atoms with van der Waals surface area (Å²) in [5, 5.41) is 3.53. The SMILES string of the molecule is CC(C)C1CCN(CCC2CCCNC2)CC1. The third-order valence-corrected chi connectivity index (χ3v) is 4.83. The molecule has 0 amide bonds. The number of piperidine rings is 2. The Labute approximate surface area is 107 Å². The van der Waals surface area contributed by atoms with Gasteiger partial charge in [-0.3, -0.25) is 0 Å². The number of nitrogens with zero attached hydrogens (tertiary/aromatic N) is 1. The average Bonchev–Trinajstić information content (AvgIpc) is 2.38. The van der Waals surface area contributed by atoms with Crippen LogP contribution in [-0.4, -0.2) is 37.6 Å². The fourth-order valence-electron chi connectivity index (χ4n) is 3.38. The summed E-state index contributed by atoms with van der Waals surface area (Å²) in [6, 6.07) is 0. The van der Waals surface area contributed by atoms with Crippen LogP contribution < -0.4 is 5.32 Å². The first-order valence-electron chi connectivity index (χ1n) is 7.69. The highest BCUT2D eigenvalue weighted by atomic mass is 15.1. The Kier molecular flexibility index (Phi) is 5.30. The van der Waals surface area contributed by atoms with Crippen LogP contribution >= 0.6 is 0 Å². The molecule has 0 aromatic rings. The molecule has 2 heteroatoms. The van der Waals surface area contributed by atoms with Gasteiger partial charge in [0.1, 0.15) is 0 Å². The van der Waals surface area contributed by atoms with Crippen molar-refractivity contribution in [3.05, 3.63) is 0 Å². The molecule has 2 heterocycles. The predicted molar refractivity (Wildman–Crippen MR) is 74.2 cm³/mol. The van der Waals surface area contributed by atoms with Crippen LogP contribution in [0.15, 0.2) is 0 Å². The summed E-state index contributed by atoms with van der Waals surface area (Å²) in [7, 11) is 0. The molecule has 0 aliphatic carbocycles. The van der Waals surface area contributed by atoms with Crippen LogP contribution in [0.1, 0.15) is 46.0 Å². The van der Waals surface area contributed by atoms with Gasteiger partial charge in [-0.25, -0.2) is 0 Å². The van der Waals surface area contributed by atoms with Crippen LogP contribution in [-0.2, 0) is 0 Å². The van der Waals surface area contributed by atoms with Crippen LogP contribution in [0, 0.1) is 17.8 Å². The Balaban J connectivity index is 1.61. The molecule has 2 aliphatic rings. The second-order valence-electron chi connectivity index (χ2n) is 6.42. The van der Waals surface area contributed by atoms with Crippen molar-refractivity contribution in [2.24, 2.45) is 17.8 Å². The fourth-order valence-corrected chi connectivity index (χ4v) is 3.38. The maximum atomic E-state index is 3.53. The molecular weight excluding hydrogens is 208 g/mol. The molecule has 1 N–H and O–H groups in total. The molecule has 2 aliphatic heterocycles. The monoisotopic (exact) mass is 238 g/mol. The number of hydrogen-bond donors (Lipinski definition) is 1. The topological polar surface area (TPSA) is 15.3 Å². The Bertz CT molecular complexity index is 201.